The van der Waals surface area contributed by atoms with Gasteiger partial charge in [0.2, 0.25) is 0 Å². The Kier molecular flexibility index (Phi) is 10.7. The number of anilines is 2. The topological polar surface area (TPSA) is 131 Å². The number of benzene rings is 1. The molecule has 192 valence electrons. The molecule has 0 saturated carbocycles. The number of nitrogens with two attached hydrogens (primary N) is 1. The lowest BCUT2D eigenvalue weighted by molar-refractivity contribution is -0.121. The highest BCUT2D eigenvalue weighted by Gasteiger charge is 2.25. The third kappa shape index (κ3) is 7.29. The molecule has 0 fully saturated rings. The Balaban J connectivity index is 2.18. The zero-order valence-electron chi connectivity index (χ0n) is 21.1. The Labute approximate surface area is 205 Å². The highest BCUT2D eigenvalue weighted by molar-refractivity contribution is 5.98. The summed E-state index contributed by atoms with van der Waals surface area (Å²) in [5, 5.41) is 0. The van der Waals surface area contributed by atoms with Gasteiger partial charge >= 0.3 is 11.7 Å². The average Bonchev–Trinajstić information content (AvgIpc) is 2.85. The number of nitrogens with one attached hydrogen (secondary N) is 1. The van der Waals surface area contributed by atoms with Crippen molar-refractivity contribution in [2.24, 2.45) is 0 Å². The molecule has 10 heteroatoms. The van der Waals surface area contributed by atoms with Crippen molar-refractivity contribution >= 4 is 23.4 Å². The molecular weight excluding hydrogens is 450 g/mol. The molecule has 1 amide bonds. The Morgan fingerprint density at radius 1 is 1.03 bits per heavy atom. The summed E-state index contributed by atoms with van der Waals surface area (Å²) in [6.45, 7) is 10.6. The van der Waals surface area contributed by atoms with Crippen LogP contribution in [-0.4, -0.2) is 52.6 Å². The van der Waals surface area contributed by atoms with Gasteiger partial charge in [-0.2, -0.15) is 0 Å². The number of carbonyl (C=O) groups excluding carboxylic acids is 2. The summed E-state index contributed by atoms with van der Waals surface area (Å²) in [6, 6.07) is 7.07. The van der Waals surface area contributed by atoms with E-state index in [0.29, 0.717) is 24.9 Å². The fourth-order valence-electron chi connectivity index (χ4n) is 3.70. The van der Waals surface area contributed by atoms with Crippen molar-refractivity contribution in [3.63, 3.8) is 0 Å². The van der Waals surface area contributed by atoms with Crippen LogP contribution in [0.25, 0.3) is 0 Å². The number of nitrogen functional groups attached to an aromatic ring is 1. The number of nitrogens with zero attached hydrogens (tertiary/aromatic N) is 3. The highest BCUT2D eigenvalue weighted by Crippen LogP contribution is 2.18. The molecule has 2 rings (SSSR count). The Hall–Kier alpha value is -3.40. The van der Waals surface area contributed by atoms with Gasteiger partial charge in [-0.3, -0.25) is 24.0 Å². The minimum absolute atomic E-state index is 0.0832. The van der Waals surface area contributed by atoms with Crippen molar-refractivity contribution < 1.29 is 14.3 Å². The minimum Gasteiger partial charge on any atom is -0.452 e. The summed E-state index contributed by atoms with van der Waals surface area (Å²) in [6.07, 6.45) is 1.97. The minimum atomic E-state index is -0.751. The molecular formula is C25H37N5O5. The summed E-state index contributed by atoms with van der Waals surface area (Å²) < 4.78 is 6.49. The molecule has 1 aromatic heterocycles. The summed E-state index contributed by atoms with van der Waals surface area (Å²) in [7, 11) is 0. The first kappa shape index (κ1) is 27.8. The average molecular weight is 488 g/mol. The van der Waals surface area contributed by atoms with E-state index in [1.54, 1.807) is 12.1 Å². The molecule has 0 saturated heterocycles. The van der Waals surface area contributed by atoms with Crippen LogP contribution in [0.4, 0.5) is 11.5 Å². The van der Waals surface area contributed by atoms with E-state index in [9.17, 15) is 19.2 Å². The van der Waals surface area contributed by atoms with Gasteiger partial charge in [0.1, 0.15) is 5.82 Å². The summed E-state index contributed by atoms with van der Waals surface area (Å²) in [5.74, 6) is -1.31. The first-order valence-electron chi connectivity index (χ1n) is 12.2. The Morgan fingerprint density at radius 3 is 2.26 bits per heavy atom. The fourth-order valence-corrected chi connectivity index (χ4v) is 3.70. The van der Waals surface area contributed by atoms with E-state index in [1.807, 2.05) is 26.0 Å². The summed E-state index contributed by atoms with van der Waals surface area (Å²) >= 11 is 0. The van der Waals surface area contributed by atoms with Crippen molar-refractivity contribution in [2.75, 3.05) is 36.9 Å². The van der Waals surface area contributed by atoms with Gasteiger partial charge in [-0.15, -0.1) is 0 Å². The smallest absolute Gasteiger partial charge is 0.338 e. The van der Waals surface area contributed by atoms with E-state index >= 15 is 0 Å². The molecule has 1 aromatic carbocycles. The number of H-pyrrole nitrogens is 1. The highest BCUT2D eigenvalue weighted by atomic mass is 16.5. The summed E-state index contributed by atoms with van der Waals surface area (Å²) in [4.78, 5) is 56.0. The maximum absolute atomic E-state index is 13.0. The maximum atomic E-state index is 13.0. The third-order valence-corrected chi connectivity index (χ3v) is 5.78. The van der Waals surface area contributed by atoms with Crippen LogP contribution < -0.4 is 21.9 Å². The molecule has 0 unspecified atom stereocenters. The molecule has 1 heterocycles. The van der Waals surface area contributed by atoms with Crippen LogP contribution in [0.1, 0.15) is 62.9 Å². The maximum Gasteiger partial charge on any atom is 0.338 e. The van der Waals surface area contributed by atoms with Crippen molar-refractivity contribution in [3.05, 3.63) is 56.2 Å². The first-order valence-corrected chi connectivity index (χ1v) is 12.2. The van der Waals surface area contributed by atoms with Gasteiger partial charge in [0.05, 0.1) is 5.56 Å². The monoisotopic (exact) mass is 487 g/mol. The second kappa shape index (κ2) is 13.5. The molecule has 0 aliphatic heterocycles. The van der Waals surface area contributed by atoms with Gasteiger partial charge in [0, 0.05) is 19.6 Å². The summed E-state index contributed by atoms with van der Waals surface area (Å²) in [5.41, 5.74) is 6.06. The van der Waals surface area contributed by atoms with Gasteiger partial charge in [-0.25, -0.2) is 9.59 Å². The largest absolute Gasteiger partial charge is 0.452 e. The molecule has 0 radical (unpaired) electrons. The number of ether oxygens (including phenoxy) is 1. The van der Waals surface area contributed by atoms with Crippen LogP contribution in [-0.2, 0) is 22.6 Å². The van der Waals surface area contributed by atoms with Crippen LogP contribution >= 0.6 is 0 Å². The molecule has 3 N–H and O–H groups in total. The van der Waals surface area contributed by atoms with Crippen molar-refractivity contribution in [1.29, 1.82) is 0 Å². The standard InChI is InChI=1S/C25H37N5O5/c1-5-9-15-29(21-22(26)30(14-6-2)25(34)27-23(21)32)20(31)17-35-24(33)19-12-10-18(11-13-19)16-28(7-3)8-4/h10-13H,5-9,14-17,26H2,1-4H3,(H,27,32,34). The number of hydrogen-bond acceptors (Lipinski definition) is 7. The van der Waals surface area contributed by atoms with E-state index in [2.05, 4.69) is 23.7 Å². The van der Waals surface area contributed by atoms with Crippen LogP contribution in [0.3, 0.4) is 0 Å². The van der Waals surface area contributed by atoms with E-state index in [4.69, 9.17) is 10.5 Å². The second-order valence-corrected chi connectivity index (χ2v) is 8.28. The zero-order chi connectivity index (χ0) is 26.0. The van der Waals surface area contributed by atoms with Crippen molar-refractivity contribution in [1.82, 2.24) is 14.5 Å². The number of hydrogen-bond donors (Lipinski definition) is 2. The lowest BCUT2D eigenvalue weighted by Gasteiger charge is -2.24. The van der Waals surface area contributed by atoms with E-state index in [0.717, 1.165) is 31.6 Å². The number of unbranched alkanes of at least 4 members (excludes halogenated alkanes) is 1. The quantitative estimate of drug-likeness (QED) is 0.415. The molecule has 0 aliphatic rings. The predicted molar refractivity (Wildman–Crippen MR) is 137 cm³/mol. The van der Waals surface area contributed by atoms with Gasteiger partial charge in [-0.05, 0) is 43.6 Å². The Morgan fingerprint density at radius 2 is 1.69 bits per heavy atom. The molecule has 0 aliphatic carbocycles. The van der Waals surface area contributed by atoms with Crippen LogP contribution in [0.15, 0.2) is 33.9 Å². The Bertz CT molecular complexity index is 1100. The van der Waals surface area contributed by atoms with Gasteiger partial charge < -0.3 is 15.4 Å². The van der Waals surface area contributed by atoms with Gasteiger partial charge in [0.25, 0.3) is 11.5 Å². The third-order valence-electron chi connectivity index (χ3n) is 5.78. The molecule has 2 aromatic rings. The van der Waals surface area contributed by atoms with Crippen molar-refractivity contribution in [3.8, 4) is 0 Å². The van der Waals surface area contributed by atoms with E-state index in [-0.39, 0.29) is 18.1 Å². The van der Waals surface area contributed by atoms with Crippen LogP contribution in [0, 0.1) is 0 Å². The molecule has 35 heavy (non-hydrogen) atoms. The number of rotatable bonds is 13. The van der Waals surface area contributed by atoms with Gasteiger partial charge in [-0.1, -0.05) is 46.2 Å². The number of aromatic nitrogens is 2. The van der Waals surface area contributed by atoms with Crippen LogP contribution in [0.2, 0.25) is 0 Å². The lowest BCUT2D eigenvalue weighted by atomic mass is 10.1. The molecule has 0 bridgehead atoms. The molecule has 0 atom stereocenters. The van der Waals surface area contributed by atoms with E-state index in [1.165, 1.54) is 9.47 Å². The second-order valence-electron chi connectivity index (χ2n) is 8.28. The van der Waals surface area contributed by atoms with Gasteiger partial charge in [0.15, 0.2) is 12.3 Å². The van der Waals surface area contributed by atoms with E-state index < -0.39 is 29.7 Å². The first-order chi connectivity index (χ1) is 16.8. The number of aromatic amines is 1. The zero-order valence-corrected chi connectivity index (χ0v) is 21.1. The normalized spacial score (nSPS) is 11.0. The predicted octanol–water partition coefficient (Wildman–Crippen LogP) is 2.36. The molecule has 10 nitrogen and oxygen atoms in total. The molecule has 0 spiro atoms. The van der Waals surface area contributed by atoms with Crippen molar-refractivity contribution in [2.45, 2.75) is 60.0 Å². The lowest BCUT2D eigenvalue weighted by Crippen LogP contribution is -2.43. The number of esters is 1. The fraction of sp³-hybridized carbons (Fsp3) is 0.520. The number of amides is 1. The SMILES string of the molecule is CCCCN(C(=O)COC(=O)c1ccc(CN(CC)CC)cc1)c1c(N)n(CCC)c(=O)[nH]c1=O. The van der Waals surface area contributed by atoms with Crippen LogP contribution in [0.5, 0.6) is 0 Å². The number of carbonyl (C=O) groups is 2.